The average Bonchev–Trinajstić information content (AvgIpc) is 2.95. The lowest BCUT2D eigenvalue weighted by Gasteiger charge is -2.05. The quantitative estimate of drug-likeness (QED) is 0.654. The van der Waals surface area contributed by atoms with E-state index in [4.69, 9.17) is 0 Å². The number of halogens is 2. The van der Waals surface area contributed by atoms with E-state index in [0.29, 0.717) is 24.0 Å². The highest BCUT2D eigenvalue weighted by atomic mass is 19.1. The molecule has 3 rings (SSSR count). The Morgan fingerprint density at radius 1 is 1.12 bits per heavy atom. The normalized spacial score (nSPS) is 11.4. The molecule has 134 valence electrons. The Balaban J connectivity index is 1.66. The van der Waals surface area contributed by atoms with Gasteiger partial charge in [-0.1, -0.05) is 24.3 Å². The molecule has 0 spiro atoms. The average molecular weight is 354 g/mol. The third-order valence-electron chi connectivity index (χ3n) is 4.42. The van der Waals surface area contributed by atoms with Crippen molar-refractivity contribution in [1.29, 1.82) is 0 Å². The van der Waals surface area contributed by atoms with E-state index in [-0.39, 0.29) is 17.5 Å². The van der Waals surface area contributed by atoms with Gasteiger partial charge in [0.05, 0.1) is 5.52 Å². The van der Waals surface area contributed by atoms with Crippen molar-refractivity contribution in [2.45, 2.75) is 20.3 Å². The highest BCUT2D eigenvalue weighted by Crippen LogP contribution is 2.27. The van der Waals surface area contributed by atoms with E-state index in [9.17, 15) is 13.6 Å². The molecule has 0 saturated heterocycles. The van der Waals surface area contributed by atoms with Crippen molar-refractivity contribution in [3.63, 3.8) is 0 Å². The molecule has 0 saturated carbocycles. The molecule has 26 heavy (non-hydrogen) atoms. The van der Waals surface area contributed by atoms with Gasteiger partial charge >= 0.3 is 0 Å². The molecule has 0 bridgehead atoms. The number of aryl methyl sites for hydroxylation is 2. The van der Waals surface area contributed by atoms with Crippen molar-refractivity contribution < 1.29 is 13.6 Å². The van der Waals surface area contributed by atoms with Crippen LogP contribution in [0.1, 0.15) is 22.4 Å². The minimum Gasteiger partial charge on any atom is -0.356 e. The van der Waals surface area contributed by atoms with Gasteiger partial charge in [0.2, 0.25) is 5.91 Å². The Hall–Kier alpha value is -2.95. The van der Waals surface area contributed by atoms with Gasteiger partial charge in [-0.25, -0.2) is 8.78 Å². The van der Waals surface area contributed by atoms with E-state index in [0.717, 1.165) is 22.2 Å². The molecule has 0 radical (unpaired) electrons. The van der Waals surface area contributed by atoms with Crippen LogP contribution in [0.15, 0.2) is 42.5 Å². The predicted molar refractivity (Wildman–Crippen MR) is 99.9 cm³/mol. The first-order valence-corrected chi connectivity index (χ1v) is 8.44. The number of hydrogen-bond donors (Lipinski definition) is 2. The van der Waals surface area contributed by atoms with Crippen molar-refractivity contribution >= 4 is 22.9 Å². The molecule has 0 unspecified atom stereocenters. The molecule has 1 aromatic heterocycles. The summed E-state index contributed by atoms with van der Waals surface area (Å²) < 4.78 is 27.5. The molecule has 0 aliphatic carbocycles. The smallest absolute Gasteiger partial charge is 0.244 e. The summed E-state index contributed by atoms with van der Waals surface area (Å²) >= 11 is 0. The molecule has 1 amide bonds. The summed E-state index contributed by atoms with van der Waals surface area (Å²) in [5.41, 5.74) is 3.75. The first-order valence-electron chi connectivity index (χ1n) is 8.44. The van der Waals surface area contributed by atoms with Crippen LogP contribution in [0.3, 0.4) is 0 Å². The summed E-state index contributed by atoms with van der Waals surface area (Å²) in [6.45, 7) is 4.24. The number of fused-ring (bicyclic) bond motifs is 1. The van der Waals surface area contributed by atoms with Gasteiger partial charge in [-0.2, -0.15) is 0 Å². The van der Waals surface area contributed by atoms with Crippen molar-refractivity contribution in [2.75, 3.05) is 6.54 Å². The van der Waals surface area contributed by atoms with E-state index in [1.807, 2.05) is 13.8 Å². The summed E-state index contributed by atoms with van der Waals surface area (Å²) in [4.78, 5) is 15.0. The summed E-state index contributed by atoms with van der Waals surface area (Å²) in [5.74, 6) is -0.950. The van der Waals surface area contributed by atoms with Crippen molar-refractivity contribution in [1.82, 2.24) is 10.3 Å². The Kier molecular flexibility index (Phi) is 5.16. The van der Waals surface area contributed by atoms with E-state index < -0.39 is 0 Å². The van der Waals surface area contributed by atoms with Gasteiger partial charge in [-0.3, -0.25) is 4.79 Å². The Morgan fingerprint density at radius 2 is 1.88 bits per heavy atom. The zero-order chi connectivity index (χ0) is 18.7. The van der Waals surface area contributed by atoms with Gasteiger partial charge in [0.25, 0.3) is 0 Å². The fourth-order valence-corrected chi connectivity index (χ4v) is 3.10. The summed E-state index contributed by atoms with van der Waals surface area (Å²) in [6, 6.07) is 9.46. The van der Waals surface area contributed by atoms with E-state index in [1.54, 1.807) is 24.3 Å². The molecular weight excluding hydrogens is 334 g/mol. The number of hydrogen-bond acceptors (Lipinski definition) is 1. The van der Waals surface area contributed by atoms with Crippen molar-refractivity contribution in [2.24, 2.45) is 0 Å². The second-order valence-corrected chi connectivity index (χ2v) is 6.24. The van der Waals surface area contributed by atoms with Crippen LogP contribution in [-0.2, 0) is 11.2 Å². The molecule has 1 heterocycles. The molecule has 0 aliphatic heterocycles. The van der Waals surface area contributed by atoms with Gasteiger partial charge in [0.1, 0.15) is 11.6 Å². The van der Waals surface area contributed by atoms with Crippen LogP contribution in [0, 0.1) is 25.5 Å². The van der Waals surface area contributed by atoms with E-state index >= 15 is 0 Å². The standard InChI is InChI=1S/C21H20F2N2O/c1-13-7-9-18(23)21-20(13)16(14(2)25-21)11-12-24-19(26)10-8-15-5-3-4-6-17(15)22/h3-10,25H,11-12H2,1-2H3,(H,24,26). The minimum atomic E-state index is -0.372. The van der Waals surface area contributed by atoms with Gasteiger partial charge in [0.15, 0.2) is 0 Å². The second-order valence-electron chi connectivity index (χ2n) is 6.24. The molecule has 3 aromatic rings. The van der Waals surface area contributed by atoms with Crippen LogP contribution >= 0.6 is 0 Å². The molecule has 2 N–H and O–H groups in total. The van der Waals surface area contributed by atoms with E-state index in [2.05, 4.69) is 10.3 Å². The van der Waals surface area contributed by atoms with Gasteiger partial charge in [0, 0.05) is 29.3 Å². The number of aromatic amines is 1. The maximum atomic E-state index is 14.0. The number of aromatic nitrogens is 1. The number of benzene rings is 2. The number of carbonyl (C=O) groups is 1. The zero-order valence-electron chi connectivity index (χ0n) is 14.7. The summed E-state index contributed by atoms with van der Waals surface area (Å²) in [6.07, 6.45) is 3.34. The van der Waals surface area contributed by atoms with Crippen LogP contribution in [0.2, 0.25) is 0 Å². The maximum Gasteiger partial charge on any atom is 0.244 e. The van der Waals surface area contributed by atoms with Crippen LogP contribution < -0.4 is 5.32 Å². The lowest BCUT2D eigenvalue weighted by molar-refractivity contribution is -0.116. The highest BCUT2D eigenvalue weighted by molar-refractivity contribution is 5.92. The monoisotopic (exact) mass is 354 g/mol. The fraction of sp³-hybridized carbons (Fsp3) is 0.190. The Morgan fingerprint density at radius 3 is 2.65 bits per heavy atom. The first kappa shape index (κ1) is 17.9. The molecule has 2 aromatic carbocycles. The number of H-pyrrole nitrogens is 1. The van der Waals surface area contributed by atoms with E-state index in [1.165, 1.54) is 24.3 Å². The molecule has 3 nitrogen and oxygen atoms in total. The third-order valence-corrected chi connectivity index (χ3v) is 4.42. The highest BCUT2D eigenvalue weighted by Gasteiger charge is 2.13. The van der Waals surface area contributed by atoms with Crippen LogP contribution in [0.4, 0.5) is 8.78 Å². The maximum absolute atomic E-state index is 14.0. The largest absolute Gasteiger partial charge is 0.356 e. The summed E-state index contributed by atoms with van der Waals surface area (Å²) in [7, 11) is 0. The Bertz CT molecular complexity index is 989. The molecule has 5 heteroatoms. The lowest BCUT2D eigenvalue weighted by Crippen LogP contribution is -2.23. The SMILES string of the molecule is Cc1[nH]c2c(F)ccc(C)c2c1CCNC(=O)C=Cc1ccccc1F. The third kappa shape index (κ3) is 3.67. The van der Waals surface area contributed by atoms with Crippen LogP contribution in [0.5, 0.6) is 0 Å². The van der Waals surface area contributed by atoms with Crippen molar-refractivity contribution in [3.05, 3.63) is 76.5 Å². The molecule has 0 fully saturated rings. The number of nitrogens with one attached hydrogen (secondary N) is 2. The molecule has 0 atom stereocenters. The van der Waals surface area contributed by atoms with Gasteiger partial charge in [-0.05, 0) is 49.6 Å². The fourth-order valence-electron chi connectivity index (χ4n) is 3.10. The van der Waals surface area contributed by atoms with Crippen molar-refractivity contribution in [3.8, 4) is 0 Å². The molecule has 0 aliphatic rings. The molecular formula is C21H20F2N2O. The van der Waals surface area contributed by atoms with Crippen LogP contribution in [-0.4, -0.2) is 17.4 Å². The lowest BCUT2D eigenvalue weighted by atomic mass is 10.0. The summed E-state index contributed by atoms with van der Waals surface area (Å²) in [5, 5.41) is 3.65. The zero-order valence-corrected chi connectivity index (χ0v) is 14.7. The number of amides is 1. The topological polar surface area (TPSA) is 44.9 Å². The Labute approximate surface area is 150 Å². The van der Waals surface area contributed by atoms with Crippen LogP contribution in [0.25, 0.3) is 17.0 Å². The first-order chi connectivity index (χ1) is 12.5. The second kappa shape index (κ2) is 7.52. The predicted octanol–water partition coefficient (Wildman–Crippen LogP) is 4.44. The minimum absolute atomic E-state index is 0.281. The van der Waals surface area contributed by atoms with Gasteiger partial charge in [-0.15, -0.1) is 0 Å². The number of carbonyl (C=O) groups excluding carboxylic acids is 1. The van der Waals surface area contributed by atoms with Gasteiger partial charge < -0.3 is 10.3 Å². The number of rotatable bonds is 5.